The zero-order chi connectivity index (χ0) is 15.9. The molecule has 124 valence electrons. The van der Waals surface area contributed by atoms with Crippen molar-refractivity contribution in [2.45, 2.75) is 13.3 Å². The Bertz CT molecular complexity index is 643. The Morgan fingerprint density at radius 2 is 1.91 bits per heavy atom. The molecule has 3 nitrogen and oxygen atoms in total. The maximum Gasteiger partial charge on any atom is 0.167 e. The smallest absolute Gasteiger partial charge is 0.167 e. The molecule has 0 aliphatic heterocycles. The van der Waals surface area contributed by atoms with Crippen LogP contribution in [0.15, 0.2) is 48.5 Å². The van der Waals surface area contributed by atoms with Crippen molar-refractivity contribution in [3.05, 3.63) is 65.2 Å². The van der Waals surface area contributed by atoms with E-state index in [0.717, 1.165) is 6.42 Å². The second-order valence-corrected chi connectivity index (χ2v) is 5.54. The van der Waals surface area contributed by atoms with Gasteiger partial charge in [-0.25, -0.2) is 0 Å². The van der Waals surface area contributed by atoms with Crippen LogP contribution in [0.1, 0.15) is 21.5 Å². The summed E-state index contributed by atoms with van der Waals surface area (Å²) >= 11 is 0. The second kappa shape index (κ2) is 9.33. The zero-order valence-corrected chi connectivity index (χ0v) is 14.7. The predicted molar refractivity (Wildman–Crippen MR) is 96.9 cm³/mol. The third kappa shape index (κ3) is 5.38. The van der Waals surface area contributed by atoms with Gasteiger partial charge in [-0.1, -0.05) is 42.0 Å². The van der Waals surface area contributed by atoms with Gasteiger partial charge in [0.05, 0.1) is 7.11 Å². The fourth-order valence-corrected chi connectivity index (χ4v) is 2.64. The lowest BCUT2D eigenvalue weighted by Crippen LogP contribution is -2.28. The summed E-state index contributed by atoms with van der Waals surface area (Å²) in [7, 11) is 3.49. The number of Topliss-reactive ketones (excluding diaryl/α,β-unsaturated/α-hetero) is 1. The summed E-state index contributed by atoms with van der Waals surface area (Å²) in [6.45, 7) is 2.73. The van der Waals surface area contributed by atoms with Gasteiger partial charge in [-0.3, -0.25) is 4.79 Å². The van der Waals surface area contributed by atoms with Crippen LogP contribution in [0.3, 0.4) is 0 Å². The fourth-order valence-electron chi connectivity index (χ4n) is 2.64. The van der Waals surface area contributed by atoms with Gasteiger partial charge in [0.1, 0.15) is 5.75 Å². The summed E-state index contributed by atoms with van der Waals surface area (Å²) in [5.41, 5.74) is 3.11. The normalized spacial score (nSPS) is 11.4. The van der Waals surface area contributed by atoms with Crippen molar-refractivity contribution < 1.29 is 9.53 Å². The molecule has 0 spiro atoms. The number of rotatable bonds is 7. The first-order valence-electron chi connectivity index (χ1n) is 7.52. The number of hydrogen-bond donors (Lipinski definition) is 1. The number of methoxy groups -OCH3 is 1. The number of carbonyl (C=O) groups is 1. The molecule has 2 aromatic carbocycles. The summed E-state index contributed by atoms with van der Waals surface area (Å²) < 4.78 is 5.21. The molecule has 0 aliphatic carbocycles. The van der Waals surface area contributed by atoms with Crippen molar-refractivity contribution in [2.24, 2.45) is 5.92 Å². The molecule has 0 fully saturated rings. The van der Waals surface area contributed by atoms with Crippen molar-refractivity contribution in [3.8, 4) is 5.75 Å². The highest BCUT2D eigenvalue weighted by Gasteiger charge is 2.20. The van der Waals surface area contributed by atoms with Crippen LogP contribution in [0.4, 0.5) is 0 Å². The van der Waals surface area contributed by atoms with E-state index in [2.05, 4.69) is 30.4 Å². The number of nitrogens with one attached hydrogen (secondary N) is 1. The minimum absolute atomic E-state index is 0. The fraction of sp³-hybridized carbons (Fsp3) is 0.316. The number of carbonyl (C=O) groups excluding carboxylic acids is 1. The topological polar surface area (TPSA) is 38.3 Å². The zero-order valence-electron chi connectivity index (χ0n) is 13.8. The molecule has 0 aliphatic rings. The molecule has 0 aromatic heterocycles. The standard InChI is InChI=1S/C19H23NO2.ClH/c1-14-6-4-7-15(10-14)11-17(13-20-2)19(21)16-8-5-9-18(12-16)22-3;/h4-10,12,17,20H,11,13H2,1-3H3;1H/t17-;/m0./s1. The molecule has 0 amide bonds. The maximum absolute atomic E-state index is 12.8. The minimum atomic E-state index is -0.0843. The first-order chi connectivity index (χ1) is 10.6. The lowest BCUT2D eigenvalue weighted by Gasteiger charge is -2.16. The molecule has 1 N–H and O–H groups in total. The third-order valence-corrected chi connectivity index (χ3v) is 3.74. The molecular formula is C19H24ClNO2. The highest BCUT2D eigenvalue weighted by molar-refractivity contribution is 5.98. The van der Waals surface area contributed by atoms with Gasteiger partial charge in [0.25, 0.3) is 0 Å². The van der Waals surface area contributed by atoms with E-state index in [9.17, 15) is 4.79 Å². The Balaban J connectivity index is 0.00000264. The summed E-state index contributed by atoms with van der Waals surface area (Å²) in [5.74, 6) is 0.776. The quantitative estimate of drug-likeness (QED) is 0.785. The van der Waals surface area contributed by atoms with Crippen molar-refractivity contribution >= 4 is 18.2 Å². The van der Waals surface area contributed by atoms with Crippen LogP contribution in [0, 0.1) is 12.8 Å². The monoisotopic (exact) mass is 333 g/mol. The van der Waals surface area contributed by atoms with Crippen LogP contribution < -0.4 is 10.1 Å². The van der Waals surface area contributed by atoms with Crippen LogP contribution in [0.5, 0.6) is 5.75 Å². The molecule has 2 rings (SSSR count). The van der Waals surface area contributed by atoms with Gasteiger partial charge in [0, 0.05) is 18.0 Å². The largest absolute Gasteiger partial charge is 0.497 e. The Hall–Kier alpha value is -1.84. The first-order valence-corrected chi connectivity index (χ1v) is 7.52. The van der Waals surface area contributed by atoms with E-state index in [1.807, 2.05) is 31.3 Å². The molecule has 0 heterocycles. The minimum Gasteiger partial charge on any atom is -0.497 e. The summed E-state index contributed by atoms with van der Waals surface area (Å²) in [5, 5.41) is 3.13. The van der Waals surface area contributed by atoms with Crippen LogP contribution in [0.2, 0.25) is 0 Å². The van der Waals surface area contributed by atoms with Crippen molar-refractivity contribution in [3.63, 3.8) is 0 Å². The summed E-state index contributed by atoms with van der Waals surface area (Å²) in [4.78, 5) is 12.8. The number of ether oxygens (including phenoxy) is 1. The molecule has 0 bridgehead atoms. The Morgan fingerprint density at radius 3 is 2.57 bits per heavy atom. The average molecular weight is 334 g/mol. The second-order valence-electron chi connectivity index (χ2n) is 5.54. The SMILES string of the molecule is CNC[C@H](Cc1cccc(C)c1)C(=O)c1cccc(OC)c1.Cl. The molecule has 4 heteroatoms. The molecule has 2 aromatic rings. The lowest BCUT2D eigenvalue weighted by molar-refractivity contribution is 0.0918. The molecule has 1 atom stereocenters. The molecule has 0 saturated carbocycles. The van der Waals surface area contributed by atoms with E-state index in [4.69, 9.17) is 4.74 Å². The average Bonchev–Trinajstić information content (AvgIpc) is 2.54. The van der Waals surface area contributed by atoms with Gasteiger partial charge in [-0.15, -0.1) is 12.4 Å². The van der Waals surface area contributed by atoms with Crippen molar-refractivity contribution in [1.29, 1.82) is 0 Å². The third-order valence-electron chi connectivity index (χ3n) is 3.74. The van der Waals surface area contributed by atoms with Gasteiger partial charge in [0.15, 0.2) is 5.78 Å². The van der Waals surface area contributed by atoms with Gasteiger partial charge in [0.2, 0.25) is 0 Å². The molecule has 23 heavy (non-hydrogen) atoms. The van der Waals surface area contributed by atoms with Crippen LogP contribution in [-0.4, -0.2) is 26.5 Å². The predicted octanol–water partition coefficient (Wildman–Crippen LogP) is 3.69. The number of benzene rings is 2. The maximum atomic E-state index is 12.8. The Labute approximate surface area is 144 Å². The summed E-state index contributed by atoms with van der Waals surface area (Å²) in [6, 6.07) is 15.7. The van der Waals surface area contributed by atoms with Crippen LogP contribution in [-0.2, 0) is 6.42 Å². The highest BCUT2D eigenvalue weighted by Crippen LogP contribution is 2.19. The molecular weight excluding hydrogens is 310 g/mol. The van der Waals surface area contributed by atoms with E-state index in [1.165, 1.54) is 11.1 Å². The number of ketones is 1. The van der Waals surface area contributed by atoms with Crippen LogP contribution in [0.25, 0.3) is 0 Å². The van der Waals surface area contributed by atoms with E-state index in [1.54, 1.807) is 13.2 Å². The van der Waals surface area contributed by atoms with Crippen molar-refractivity contribution in [1.82, 2.24) is 5.32 Å². The van der Waals surface area contributed by atoms with E-state index in [-0.39, 0.29) is 24.1 Å². The van der Waals surface area contributed by atoms with E-state index in [0.29, 0.717) is 17.9 Å². The molecule has 0 radical (unpaired) electrons. The van der Waals surface area contributed by atoms with Gasteiger partial charge < -0.3 is 10.1 Å². The number of aryl methyl sites for hydroxylation is 1. The van der Waals surface area contributed by atoms with Gasteiger partial charge >= 0.3 is 0 Å². The van der Waals surface area contributed by atoms with Crippen LogP contribution >= 0.6 is 12.4 Å². The summed E-state index contributed by atoms with van der Waals surface area (Å²) in [6.07, 6.45) is 0.735. The molecule has 0 saturated heterocycles. The highest BCUT2D eigenvalue weighted by atomic mass is 35.5. The Kier molecular flexibility index (Phi) is 7.79. The van der Waals surface area contributed by atoms with Gasteiger partial charge in [-0.2, -0.15) is 0 Å². The molecule has 0 unspecified atom stereocenters. The van der Waals surface area contributed by atoms with E-state index < -0.39 is 0 Å². The van der Waals surface area contributed by atoms with Gasteiger partial charge in [-0.05, 0) is 38.1 Å². The van der Waals surface area contributed by atoms with Crippen molar-refractivity contribution in [2.75, 3.05) is 20.7 Å². The number of halogens is 1. The first kappa shape index (κ1) is 19.2. The lowest BCUT2D eigenvalue weighted by atomic mass is 9.90. The number of hydrogen-bond acceptors (Lipinski definition) is 3. The van der Waals surface area contributed by atoms with E-state index >= 15 is 0 Å². The Morgan fingerprint density at radius 1 is 1.17 bits per heavy atom.